The second-order valence-electron chi connectivity index (χ2n) is 3.55. The summed E-state index contributed by atoms with van der Waals surface area (Å²) in [6.07, 6.45) is 3.69. The normalized spacial score (nSPS) is 15.2. The molecular formula is C12H10BrClO2. The van der Waals surface area contributed by atoms with E-state index in [9.17, 15) is 4.79 Å². The van der Waals surface area contributed by atoms with Crippen molar-refractivity contribution in [3.8, 4) is 0 Å². The number of Topliss-reactive ketones (excluding diaryl/α,β-unsaturated/α-hetero) is 1. The van der Waals surface area contributed by atoms with Crippen LogP contribution in [-0.4, -0.2) is 12.4 Å². The summed E-state index contributed by atoms with van der Waals surface area (Å²) in [6.45, 7) is 0.610. The molecule has 0 unspecified atom stereocenters. The predicted molar refractivity (Wildman–Crippen MR) is 66.8 cm³/mol. The van der Waals surface area contributed by atoms with Crippen LogP contribution >= 0.6 is 27.5 Å². The van der Waals surface area contributed by atoms with Crippen molar-refractivity contribution >= 4 is 33.3 Å². The maximum absolute atomic E-state index is 12.0. The molecule has 1 heterocycles. The number of hydrogen-bond acceptors (Lipinski definition) is 2. The van der Waals surface area contributed by atoms with E-state index in [0.29, 0.717) is 23.0 Å². The van der Waals surface area contributed by atoms with Crippen LogP contribution in [0.1, 0.15) is 23.2 Å². The Labute approximate surface area is 107 Å². The van der Waals surface area contributed by atoms with Crippen LogP contribution in [0.3, 0.4) is 0 Å². The molecule has 0 spiro atoms. The molecule has 0 atom stereocenters. The molecule has 2 rings (SSSR count). The minimum atomic E-state index is -0.108. The van der Waals surface area contributed by atoms with Crippen LogP contribution in [0.4, 0.5) is 0 Å². The van der Waals surface area contributed by atoms with Gasteiger partial charge < -0.3 is 4.74 Å². The number of halogens is 2. The minimum Gasteiger partial charge on any atom is -0.490 e. The van der Waals surface area contributed by atoms with E-state index < -0.39 is 0 Å². The van der Waals surface area contributed by atoms with E-state index in [0.717, 1.165) is 17.3 Å². The minimum absolute atomic E-state index is 0.108. The van der Waals surface area contributed by atoms with E-state index >= 15 is 0 Å². The molecule has 4 heteroatoms. The Balaban J connectivity index is 2.29. The fourth-order valence-corrected chi connectivity index (χ4v) is 2.40. The Kier molecular flexibility index (Phi) is 3.66. The summed E-state index contributed by atoms with van der Waals surface area (Å²) in [7, 11) is 0. The highest BCUT2D eigenvalue weighted by Crippen LogP contribution is 2.23. The number of allylic oxidation sites excluding steroid dienone is 2. The molecule has 1 aliphatic rings. The van der Waals surface area contributed by atoms with Gasteiger partial charge in [0.2, 0.25) is 5.78 Å². The Morgan fingerprint density at radius 1 is 1.38 bits per heavy atom. The molecular weight excluding hydrogens is 291 g/mol. The predicted octanol–water partition coefficient (Wildman–Crippen LogP) is 3.98. The number of rotatable bonds is 2. The lowest BCUT2D eigenvalue weighted by atomic mass is 10.1. The Morgan fingerprint density at radius 2 is 2.19 bits per heavy atom. The van der Waals surface area contributed by atoms with Crippen molar-refractivity contribution in [2.24, 2.45) is 0 Å². The van der Waals surface area contributed by atoms with Crippen molar-refractivity contribution in [3.63, 3.8) is 0 Å². The van der Waals surface area contributed by atoms with E-state index in [1.807, 2.05) is 6.08 Å². The first-order valence-electron chi connectivity index (χ1n) is 5.00. The van der Waals surface area contributed by atoms with Crippen LogP contribution in [0.25, 0.3) is 0 Å². The van der Waals surface area contributed by atoms with Gasteiger partial charge in [0.25, 0.3) is 0 Å². The van der Waals surface area contributed by atoms with Crippen molar-refractivity contribution < 1.29 is 9.53 Å². The number of carbonyl (C=O) groups is 1. The smallest absolute Gasteiger partial charge is 0.227 e. The lowest BCUT2D eigenvalue weighted by Gasteiger charge is -2.13. The fourth-order valence-electron chi connectivity index (χ4n) is 1.54. The van der Waals surface area contributed by atoms with Gasteiger partial charge in [-0.1, -0.05) is 27.5 Å². The van der Waals surface area contributed by atoms with E-state index in [1.54, 1.807) is 18.2 Å². The molecule has 0 bridgehead atoms. The van der Waals surface area contributed by atoms with Gasteiger partial charge in [-0.15, -0.1) is 0 Å². The third-order valence-electron chi connectivity index (χ3n) is 2.28. The second-order valence-corrected chi connectivity index (χ2v) is 4.90. The average molecular weight is 302 g/mol. The zero-order chi connectivity index (χ0) is 11.5. The highest BCUT2D eigenvalue weighted by Gasteiger charge is 2.16. The number of ether oxygens (including phenoxy) is 1. The molecule has 16 heavy (non-hydrogen) atoms. The molecule has 0 N–H and O–H groups in total. The van der Waals surface area contributed by atoms with Crippen LogP contribution < -0.4 is 0 Å². The number of benzene rings is 1. The molecule has 1 aliphatic heterocycles. The summed E-state index contributed by atoms with van der Waals surface area (Å²) >= 11 is 9.20. The van der Waals surface area contributed by atoms with Crippen LogP contribution in [0.2, 0.25) is 5.02 Å². The molecule has 0 radical (unpaired) electrons. The van der Waals surface area contributed by atoms with Crippen molar-refractivity contribution in [3.05, 3.63) is 45.1 Å². The van der Waals surface area contributed by atoms with Crippen LogP contribution in [0.5, 0.6) is 0 Å². The summed E-state index contributed by atoms with van der Waals surface area (Å²) in [6, 6.07) is 5.13. The van der Waals surface area contributed by atoms with Gasteiger partial charge in [0.15, 0.2) is 5.76 Å². The SMILES string of the molecule is O=C(C1=CCCCO1)c1cc(Cl)cc(Br)c1. The zero-order valence-electron chi connectivity index (χ0n) is 8.50. The Bertz CT molecular complexity index is 434. The van der Waals surface area contributed by atoms with Crippen molar-refractivity contribution in [1.29, 1.82) is 0 Å². The van der Waals surface area contributed by atoms with E-state index in [-0.39, 0.29) is 5.78 Å². The molecule has 2 nitrogen and oxygen atoms in total. The Hall–Kier alpha value is -0.800. The average Bonchev–Trinajstić information content (AvgIpc) is 2.28. The van der Waals surface area contributed by atoms with Crippen molar-refractivity contribution in [2.75, 3.05) is 6.61 Å². The van der Waals surface area contributed by atoms with Gasteiger partial charge in [0, 0.05) is 15.1 Å². The topological polar surface area (TPSA) is 26.3 Å². The first kappa shape index (κ1) is 11.7. The largest absolute Gasteiger partial charge is 0.490 e. The van der Waals surface area contributed by atoms with Gasteiger partial charge in [0.05, 0.1) is 6.61 Å². The van der Waals surface area contributed by atoms with E-state index in [4.69, 9.17) is 16.3 Å². The maximum atomic E-state index is 12.0. The molecule has 1 aromatic carbocycles. The van der Waals surface area contributed by atoms with Gasteiger partial charge in [-0.3, -0.25) is 4.79 Å². The standard InChI is InChI=1S/C12H10BrClO2/c13-9-5-8(6-10(14)7-9)12(15)11-3-1-2-4-16-11/h3,5-7H,1-2,4H2. The fraction of sp³-hybridized carbons (Fsp3) is 0.250. The summed E-state index contributed by atoms with van der Waals surface area (Å²) in [5.74, 6) is 0.323. The first-order chi connectivity index (χ1) is 7.66. The number of ketones is 1. The van der Waals surface area contributed by atoms with Gasteiger partial charge >= 0.3 is 0 Å². The second kappa shape index (κ2) is 5.02. The number of carbonyl (C=O) groups excluding carboxylic acids is 1. The zero-order valence-corrected chi connectivity index (χ0v) is 10.8. The summed E-state index contributed by atoms with van der Waals surface area (Å²) in [5.41, 5.74) is 0.549. The highest BCUT2D eigenvalue weighted by atomic mass is 79.9. The van der Waals surface area contributed by atoms with Gasteiger partial charge in [-0.25, -0.2) is 0 Å². The van der Waals surface area contributed by atoms with Crippen LogP contribution in [0.15, 0.2) is 34.5 Å². The molecule has 0 aromatic heterocycles. The number of hydrogen-bond donors (Lipinski definition) is 0. The van der Waals surface area contributed by atoms with E-state index in [2.05, 4.69) is 15.9 Å². The molecule has 0 fully saturated rings. The molecule has 84 valence electrons. The van der Waals surface area contributed by atoms with Crippen LogP contribution in [0, 0.1) is 0 Å². The van der Waals surface area contributed by atoms with Gasteiger partial charge in [0.1, 0.15) is 0 Å². The molecule has 0 aliphatic carbocycles. The van der Waals surface area contributed by atoms with Gasteiger partial charge in [-0.2, -0.15) is 0 Å². The third-order valence-corrected chi connectivity index (χ3v) is 2.96. The van der Waals surface area contributed by atoms with Crippen molar-refractivity contribution in [1.82, 2.24) is 0 Å². The third kappa shape index (κ3) is 2.66. The lowest BCUT2D eigenvalue weighted by Crippen LogP contribution is -2.11. The molecule has 0 amide bonds. The van der Waals surface area contributed by atoms with Gasteiger partial charge in [-0.05, 0) is 37.1 Å². The lowest BCUT2D eigenvalue weighted by molar-refractivity contribution is 0.0899. The summed E-state index contributed by atoms with van der Waals surface area (Å²) in [4.78, 5) is 12.0. The van der Waals surface area contributed by atoms with Crippen LogP contribution in [-0.2, 0) is 4.74 Å². The summed E-state index contributed by atoms with van der Waals surface area (Å²) < 4.78 is 6.12. The highest BCUT2D eigenvalue weighted by molar-refractivity contribution is 9.10. The molecule has 1 aromatic rings. The first-order valence-corrected chi connectivity index (χ1v) is 6.17. The summed E-state index contributed by atoms with van der Waals surface area (Å²) in [5, 5.41) is 0.536. The monoisotopic (exact) mass is 300 g/mol. The molecule has 0 saturated carbocycles. The molecule has 0 saturated heterocycles. The quantitative estimate of drug-likeness (QED) is 0.772. The van der Waals surface area contributed by atoms with Crippen molar-refractivity contribution in [2.45, 2.75) is 12.8 Å². The maximum Gasteiger partial charge on any atom is 0.227 e. The Morgan fingerprint density at radius 3 is 2.81 bits per heavy atom. The van der Waals surface area contributed by atoms with E-state index in [1.165, 1.54) is 0 Å².